The summed E-state index contributed by atoms with van der Waals surface area (Å²) in [6, 6.07) is -13.2. The van der Waals surface area contributed by atoms with Gasteiger partial charge in [0.1, 0.15) is 60.4 Å². The minimum atomic E-state index is -1.56. The quantitative estimate of drug-likeness (QED) is 0.0322. The van der Waals surface area contributed by atoms with Crippen LogP contribution in [0.25, 0.3) is 0 Å². The molecule has 0 spiro atoms. The van der Waals surface area contributed by atoms with Crippen LogP contribution in [0, 0.1) is 35.5 Å². The third-order valence-electron chi connectivity index (χ3n) is 16.7. The summed E-state index contributed by atoms with van der Waals surface area (Å²) in [4.78, 5) is 163. The van der Waals surface area contributed by atoms with Gasteiger partial charge < -0.3 is 76.0 Å². The van der Waals surface area contributed by atoms with E-state index in [1.165, 1.54) is 80.6 Å². The lowest BCUT2D eigenvalue weighted by molar-refractivity contribution is -0.157. The molecule has 0 unspecified atom stereocenters. The molecular weight excluding hydrogens is 1170 g/mol. The van der Waals surface area contributed by atoms with Crippen LogP contribution in [-0.2, 0) is 57.5 Å². The molecule has 0 aliphatic heterocycles. The monoisotopic (exact) mass is 1290 g/mol. The average Bonchev–Trinajstić information content (AvgIpc) is 0.878. The molecule has 0 heterocycles. The zero-order valence-corrected chi connectivity index (χ0v) is 59.4. The lowest BCUT2D eigenvalue weighted by Crippen LogP contribution is -2.63. The standard InChI is InChI=1S/C65H119N11O15/c1-25-27-30-41(13)54(78)53(58(82)69-46(26-2)65(89)90)76(24)64(88)51(40(11)12)74(22)62(86)49(35-38(7)8)73(21)61(85)48(34-37(5)6)72(20)60(84)44(16)68-55(79)42(14)67-56(80)47(33-36(3)4)71(19)63(87)50(39(9)10)70-57(81)52(45(17)91-32-29-28-31-77)75(23)59(83)43(15)66-18/h25,27,36-54,66,77-78H,26,28-35H2,1-24H3,(H,67,80)(H,68,79)(H,69,82)(H,70,81)(H,89,90)/b27-25+/t41-,42+,43-,44-,45+,46+,47+,48+,49+,50+,51+,52+,53+,54-/m1/s1. The molecular formula is C65H119N11O15. The Morgan fingerprint density at radius 2 is 0.923 bits per heavy atom. The van der Waals surface area contributed by atoms with Gasteiger partial charge in [0.05, 0.1) is 18.2 Å². The lowest BCUT2D eigenvalue weighted by Gasteiger charge is -2.41. The van der Waals surface area contributed by atoms with E-state index < -0.39 is 161 Å². The number of carboxylic acids is 1. The smallest absolute Gasteiger partial charge is 0.326 e. The van der Waals surface area contributed by atoms with Gasteiger partial charge in [-0.1, -0.05) is 95.2 Å². The van der Waals surface area contributed by atoms with E-state index >= 15 is 0 Å². The molecule has 10 amide bonds. The third kappa shape index (κ3) is 25.6. The number of carbonyl (C=O) groups excluding carboxylic acids is 10. The number of ether oxygens (including phenoxy) is 1. The number of allylic oxidation sites excluding steroid dienone is 2. The molecule has 0 aromatic rings. The van der Waals surface area contributed by atoms with Crippen molar-refractivity contribution in [3.8, 4) is 0 Å². The maximum absolute atomic E-state index is 15.0. The summed E-state index contributed by atoms with van der Waals surface area (Å²) in [7, 11) is 10.1. The normalized spacial score (nSPS) is 16.4. The highest BCUT2D eigenvalue weighted by molar-refractivity contribution is 5.99. The molecule has 0 fully saturated rings. The summed E-state index contributed by atoms with van der Waals surface area (Å²) in [6.07, 6.45) is 3.01. The number of carboxylic acid groups (broad SMARTS) is 1. The Kier molecular flexibility index (Phi) is 37.9. The Balaban J connectivity index is 6.94. The lowest BCUT2D eigenvalue weighted by atomic mass is 9.91. The van der Waals surface area contributed by atoms with E-state index in [4.69, 9.17) is 4.74 Å². The molecule has 0 radical (unpaired) electrons. The Morgan fingerprint density at radius 3 is 1.37 bits per heavy atom. The number of aliphatic hydroxyl groups is 2. The number of hydrogen-bond donors (Lipinski definition) is 8. The maximum Gasteiger partial charge on any atom is 0.326 e. The van der Waals surface area contributed by atoms with Crippen molar-refractivity contribution < 1.29 is 72.8 Å². The number of hydrogen-bond acceptors (Lipinski definition) is 15. The van der Waals surface area contributed by atoms with Crippen molar-refractivity contribution in [3.63, 3.8) is 0 Å². The number of aliphatic hydroxyl groups excluding tert-OH is 2. The molecule has 26 heteroatoms. The van der Waals surface area contributed by atoms with Crippen molar-refractivity contribution in [1.29, 1.82) is 0 Å². The minimum absolute atomic E-state index is 0.0244. The Morgan fingerprint density at radius 1 is 0.484 bits per heavy atom. The highest BCUT2D eigenvalue weighted by atomic mass is 16.5. The van der Waals surface area contributed by atoms with Crippen molar-refractivity contribution in [3.05, 3.63) is 12.2 Å². The van der Waals surface area contributed by atoms with Crippen molar-refractivity contribution in [2.75, 3.05) is 62.5 Å². The summed E-state index contributed by atoms with van der Waals surface area (Å²) in [6.45, 7) is 29.3. The number of unbranched alkanes of at least 4 members (excludes halogenated alkanes) is 1. The predicted octanol–water partition coefficient (Wildman–Crippen LogP) is 2.62. The summed E-state index contributed by atoms with van der Waals surface area (Å²) in [5, 5.41) is 44.3. The first-order valence-electron chi connectivity index (χ1n) is 32.4. The predicted molar refractivity (Wildman–Crippen MR) is 349 cm³/mol. The summed E-state index contributed by atoms with van der Waals surface area (Å²) >= 11 is 0. The number of likely N-dealkylation sites (N-methyl/N-ethyl adjacent to an activating group) is 7. The van der Waals surface area contributed by atoms with Crippen LogP contribution in [-0.4, -0.2) is 251 Å². The third-order valence-corrected chi connectivity index (χ3v) is 16.7. The maximum atomic E-state index is 15.0. The van der Waals surface area contributed by atoms with Gasteiger partial charge in [0, 0.05) is 55.5 Å². The van der Waals surface area contributed by atoms with Crippen LogP contribution in [0.5, 0.6) is 0 Å². The van der Waals surface area contributed by atoms with Gasteiger partial charge in [-0.15, -0.1) is 0 Å². The number of carbonyl (C=O) groups is 11. The van der Waals surface area contributed by atoms with Crippen LogP contribution in [0.3, 0.4) is 0 Å². The molecule has 0 saturated heterocycles. The molecule has 0 rings (SSSR count). The second-order valence-corrected chi connectivity index (χ2v) is 26.5. The van der Waals surface area contributed by atoms with Crippen LogP contribution >= 0.6 is 0 Å². The van der Waals surface area contributed by atoms with Crippen LogP contribution in [0.4, 0.5) is 0 Å². The van der Waals surface area contributed by atoms with Crippen LogP contribution < -0.4 is 26.6 Å². The molecule has 0 aliphatic rings. The SMILES string of the molecule is C/C=C/C[C@@H](C)[C@@H](O)[C@@H](C(=O)N[C@@H](CC)C(=O)O)N(C)C(=O)[C@H](C(C)C)N(C)C(=O)[C@H](CC(C)C)N(C)C(=O)[C@H](CC(C)C)N(C)C(=O)[C@@H](C)NC(=O)[C@H](C)NC(=O)[C@H](CC(C)C)N(C)C(=O)[C@@H](NC(=O)[C@H]([C@H](C)OCCCCO)N(C)C(=O)[C@@H](C)NC)C(C)C. The largest absolute Gasteiger partial charge is 0.480 e. The number of amides is 10. The molecule has 0 aromatic carbocycles. The summed E-state index contributed by atoms with van der Waals surface area (Å²) in [5.41, 5.74) is 0. The highest BCUT2D eigenvalue weighted by Gasteiger charge is 2.46. The molecule has 524 valence electrons. The first-order valence-corrected chi connectivity index (χ1v) is 32.4. The van der Waals surface area contributed by atoms with Gasteiger partial charge in [0.25, 0.3) is 0 Å². The average molecular weight is 1290 g/mol. The Bertz CT molecular complexity index is 2410. The fourth-order valence-corrected chi connectivity index (χ4v) is 10.8. The van der Waals surface area contributed by atoms with E-state index in [1.807, 2.05) is 41.5 Å². The number of aliphatic carboxylic acids is 1. The molecule has 0 saturated carbocycles. The summed E-state index contributed by atoms with van der Waals surface area (Å²) < 4.78 is 5.97. The summed E-state index contributed by atoms with van der Waals surface area (Å²) in [5.74, 6) is -10.1. The minimum Gasteiger partial charge on any atom is -0.480 e. The van der Waals surface area contributed by atoms with E-state index in [-0.39, 0.29) is 56.7 Å². The molecule has 0 aromatic heterocycles. The number of nitrogens with zero attached hydrogens (tertiary/aromatic N) is 6. The van der Waals surface area contributed by atoms with Crippen molar-refractivity contribution in [1.82, 2.24) is 56.0 Å². The molecule has 0 aliphatic carbocycles. The van der Waals surface area contributed by atoms with Gasteiger partial charge in [-0.2, -0.15) is 0 Å². The van der Waals surface area contributed by atoms with Gasteiger partial charge in [0.15, 0.2) is 0 Å². The molecule has 8 N–H and O–H groups in total. The van der Waals surface area contributed by atoms with Crippen LogP contribution in [0.15, 0.2) is 12.2 Å². The van der Waals surface area contributed by atoms with E-state index in [0.29, 0.717) is 19.3 Å². The van der Waals surface area contributed by atoms with Gasteiger partial charge >= 0.3 is 5.97 Å². The van der Waals surface area contributed by atoms with E-state index in [1.54, 1.807) is 81.5 Å². The van der Waals surface area contributed by atoms with Crippen molar-refractivity contribution in [2.45, 2.75) is 241 Å². The van der Waals surface area contributed by atoms with Crippen molar-refractivity contribution in [2.24, 2.45) is 35.5 Å². The van der Waals surface area contributed by atoms with Gasteiger partial charge in [-0.3, -0.25) is 47.9 Å². The van der Waals surface area contributed by atoms with Crippen molar-refractivity contribution >= 4 is 65.0 Å². The van der Waals surface area contributed by atoms with E-state index in [9.17, 15) is 68.1 Å². The zero-order valence-electron chi connectivity index (χ0n) is 59.4. The van der Waals surface area contributed by atoms with Gasteiger partial charge in [-0.25, -0.2) is 4.79 Å². The van der Waals surface area contributed by atoms with Crippen LogP contribution in [0.1, 0.15) is 163 Å². The first kappa shape index (κ1) is 84.8. The van der Waals surface area contributed by atoms with E-state index in [2.05, 4.69) is 26.6 Å². The second kappa shape index (κ2) is 40.7. The molecule has 26 nitrogen and oxygen atoms in total. The number of rotatable bonds is 41. The molecule has 91 heavy (non-hydrogen) atoms. The Hall–Kier alpha value is -6.25. The Labute approximate surface area is 543 Å². The van der Waals surface area contributed by atoms with Gasteiger partial charge in [-0.05, 0) is 122 Å². The molecule has 14 atom stereocenters. The zero-order chi connectivity index (χ0) is 70.8. The fourth-order valence-electron chi connectivity index (χ4n) is 10.8. The topological polar surface area (TPSA) is 337 Å². The molecule has 0 bridgehead atoms. The second-order valence-electron chi connectivity index (χ2n) is 26.5. The van der Waals surface area contributed by atoms with E-state index in [0.717, 1.165) is 4.90 Å². The fraction of sp³-hybridized carbons (Fsp3) is 0.800. The number of nitrogens with one attached hydrogen (secondary N) is 5. The van der Waals surface area contributed by atoms with Gasteiger partial charge in [0.2, 0.25) is 59.1 Å². The van der Waals surface area contributed by atoms with Crippen LogP contribution in [0.2, 0.25) is 0 Å². The first-order chi connectivity index (χ1) is 42.1. The highest BCUT2D eigenvalue weighted by Crippen LogP contribution is 2.25.